The van der Waals surface area contributed by atoms with Crippen LogP contribution < -0.4 is 0 Å². The van der Waals surface area contributed by atoms with Crippen LogP contribution in [0, 0.1) is 11.8 Å². The van der Waals surface area contributed by atoms with Crippen molar-refractivity contribution in [2.45, 2.75) is 57.2 Å². The summed E-state index contributed by atoms with van der Waals surface area (Å²) in [4.78, 5) is 0. The van der Waals surface area contributed by atoms with Crippen LogP contribution in [0.4, 0.5) is 0 Å². The highest BCUT2D eigenvalue weighted by Crippen LogP contribution is 2.36. The van der Waals surface area contributed by atoms with Gasteiger partial charge in [0.15, 0.2) is 0 Å². The van der Waals surface area contributed by atoms with Gasteiger partial charge in [0.2, 0.25) is 0 Å². The lowest BCUT2D eigenvalue weighted by Gasteiger charge is -2.19. The zero-order chi connectivity index (χ0) is 14.3. The van der Waals surface area contributed by atoms with Crippen molar-refractivity contribution in [3.05, 3.63) is 24.3 Å². The molecule has 0 spiro atoms. The molecule has 4 heteroatoms. The van der Waals surface area contributed by atoms with E-state index in [1.54, 1.807) is 6.08 Å². The molecule has 5 atom stereocenters. The molecule has 106 valence electrons. The minimum absolute atomic E-state index is 0.00266. The molecular formula is C15H25BO3. The van der Waals surface area contributed by atoms with Gasteiger partial charge in [0.05, 0.1) is 12.2 Å². The van der Waals surface area contributed by atoms with Crippen LogP contribution >= 0.6 is 0 Å². The quantitative estimate of drug-likeness (QED) is 0.371. The molecule has 1 unspecified atom stereocenters. The van der Waals surface area contributed by atoms with E-state index in [4.69, 9.17) is 13.0 Å². The molecule has 1 aliphatic carbocycles. The van der Waals surface area contributed by atoms with E-state index < -0.39 is 18.2 Å². The molecule has 0 aliphatic heterocycles. The number of hydrogen-bond donors (Lipinski definition) is 3. The molecular weight excluding hydrogens is 239 g/mol. The lowest BCUT2D eigenvalue weighted by atomic mass is 9.88. The first-order chi connectivity index (χ1) is 9.06. The van der Waals surface area contributed by atoms with Crippen LogP contribution in [0.5, 0.6) is 0 Å². The van der Waals surface area contributed by atoms with Crippen molar-refractivity contribution in [2.75, 3.05) is 0 Å². The van der Waals surface area contributed by atoms with Gasteiger partial charge >= 0.3 is 0 Å². The summed E-state index contributed by atoms with van der Waals surface area (Å²) in [7, 11) is 5.26. The molecule has 0 heterocycles. The van der Waals surface area contributed by atoms with Crippen LogP contribution in [-0.2, 0) is 0 Å². The zero-order valence-corrected chi connectivity index (χ0v) is 11.7. The molecule has 1 aliphatic rings. The van der Waals surface area contributed by atoms with Gasteiger partial charge in [0, 0.05) is 18.3 Å². The molecule has 1 rings (SSSR count). The van der Waals surface area contributed by atoms with Crippen molar-refractivity contribution in [2.24, 2.45) is 11.8 Å². The molecule has 0 saturated heterocycles. The Hall–Kier alpha value is -0.575. The van der Waals surface area contributed by atoms with Crippen molar-refractivity contribution < 1.29 is 15.3 Å². The molecule has 1 saturated carbocycles. The van der Waals surface area contributed by atoms with Crippen LogP contribution in [0.25, 0.3) is 0 Å². The summed E-state index contributed by atoms with van der Waals surface area (Å²) < 4.78 is 0. The summed E-state index contributed by atoms with van der Waals surface area (Å²) in [5, 5.41) is 29.0. The summed E-state index contributed by atoms with van der Waals surface area (Å²) in [6.07, 6.45) is 10.9. The van der Waals surface area contributed by atoms with Gasteiger partial charge in [0.1, 0.15) is 7.85 Å². The maximum Gasteiger partial charge on any atom is 0.114 e. The van der Waals surface area contributed by atoms with Crippen molar-refractivity contribution in [1.82, 2.24) is 0 Å². The molecule has 0 aromatic rings. The second-order valence-corrected chi connectivity index (χ2v) is 5.34. The molecule has 0 aromatic heterocycles. The lowest BCUT2D eigenvalue weighted by molar-refractivity contribution is 0.120. The number of rotatable bonds is 7. The van der Waals surface area contributed by atoms with E-state index in [1.165, 1.54) is 18.9 Å². The van der Waals surface area contributed by atoms with E-state index in [2.05, 4.69) is 19.1 Å². The maximum absolute atomic E-state index is 9.98. The molecule has 0 aromatic carbocycles. The van der Waals surface area contributed by atoms with E-state index in [0.29, 0.717) is 6.42 Å². The zero-order valence-electron chi connectivity index (χ0n) is 11.7. The number of hydrogen-bond acceptors (Lipinski definition) is 3. The third kappa shape index (κ3) is 5.51. The highest BCUT2D eigenvalue weighted by Gasteiger charge is 2.39. The fraction of sp³-hybridized carbons (Fsp3) is 0.733. The van der Waals surface area contributed by atoms with Gasteiger partial charge in [-0.2, -0.15) is 0 Å². The Kier molecular flexibility index (Phi) is 7.43. The first kappa shape index (κ1) is 16.5. The van der Waals surface area contributed by atoms with Crippen molar-refractivity contribution in [3.63, 3.8) is 0 Å². The van der Waals surface area contributed by atoms with Crippen LogP contribution in [0.3, 0.4) is 0 Å². The van der Waals surface area contributed by atoms with E-state index in [0.717, 1.165) is 12.8 Å². The summed E-state index contributed by atoms with van der Waals surface area (Å²) in [6.45, 7) is 2.16. The highest BCUT2D eigenvalue weighted by molar-refractivity contribution is 6.12. The van der Waals surface area contributed by atoms with E-state index in [-0.39, 0.29) is 11.8 Å². The van der Waals surface area contributed by atoms with Gasteiger partial charge in [-0.15, -0.1) is 0 Å². The van der Waals surface area contributed by atoms with Crippen molar-refractivity contribution >= 4 is 7.85 Å². The van der Waals surface area contributed by atoms with Crippen LogP contribution in [-0.4, -0.2) is 41.4 Å². The average molecular weight is 264 g/mol. The normalized spacial score (nSPS) is 33.5. The molecule has 3 nitrogen and oxygen atoms in total. The molecule has 2 radical (unpaired) electrons. The predicted molar refractivity (Wildman–Crippen MR) is 77.8 cm³/mol. The molecule has 19 heavy (non-hydrogen) atoms. The fourth-order valence-electron chi connectivity index (χ4n) is 2.64. The SMILES string of the molecule is [B]C(O)C=C[C@@H]1[C@@H](C/C=C\CCCC)[C@@H](O)C[C@H]1O. The van der Waals surface area contributed by atoms with Gasteiger partial charge in [-0.1, -0.05) is 44.1 Å². The van der Waals surface area contributed by atoms with Gasteiger partial charge in [-0.05, 0) is 18.8 Å². The first-order valence-corrected chi connectivity index (χ1v) is 7.19. The van der Waals surface area contributed by atoms with Crippen LogP contribution in [0.2, 0.25) is 0 Å². The molecule has 3 N–H and O–H groups in total. The molecule has 0 bridgehead atoms. The summed E-state index contributed by atoms with van der Waals surface area (Å²) in [6, 6.07) is -1.01. The molecule has 1 fully saturated rings. The Balaban J connectivity index is 2.54. The van der Waals surface area contributed by atoms with Gasteiger partial charge in [-0.3, -0.25) is 0 Å². The van der Waals surface area contributed by atoms with Gasteiger partial charge in [-0.25, -0.2) is 0 Å². The Labute approximate surface area is 117 Å². The van der Waals surface area contributed by atoms with Gasteiger partial charge in [0.25, 0.3) is 0 Å². The number of allylic oxidation sites excluding steroid dienone is 2. The standard InChI is InChI=1S/C15H25BO3/c1-2-3-4-5-6-7-11-12(8-9-15(16)19)14(18)10-13(11)17/h5-6,8-9,11-15,17-19H,2-4,7,10H2,1H3/b6-5-,9-8?/t11-,12-,13+,14-,15?/m1/s1. The number of unbranched alkanes of at least 4 members (excludes halogenated alkanes) is 2. The van der Waals surface area contributed by atoms with Crippen molar-refractivity contribution in [1.29, 1.82) is 0 Å². The first-order valence-electron chi connectivity index (χ1n) is 7.19. The summed E-state index contributed by atoms with van der Waals surface area (Å²) in [5.41, 5.74) is 0. The Morgan fingerprint density at radius 2 is 2.00 bits per heavy atom. The number of aliphatic hydroxyl groups is 3. The average Bonchev–Trinajstić information content (AvgIpc) is 2.61. The van der Waals surface area contributed by atoms with E-state index in [1.807, 2.05) is 0 Å². The lowest BCUT2D eigenvalue weighted by Crippen LogP contribution is -2.20. The minimum Gasteiger partial charge on any atom is -0.399 e. The van der Waals surface area contributed by atoms with Crippen LogP contribution in [0.1, 0.15) is 39.0 Å². The predicted octanol–water partition coefficient (Wildman–Crippen LogP) is 1.52. The highest BCUT2D eigenvalue weighted by atomic mass is 16.3. The second kappa shape index (κ2) is 8.57. The minimum atomic E-state index is -1.01. The third-order valence-corrected chi connectivity index (χ3v) is 3.75. The van der Waals surface area contributed by atoms with Gasteiger partial charge < -0.3 is 15.3 Å². The third-order valence-electron chi connectivity index (χ3n) is 3.75. The monoisotopic (exact) mass is 264 g/mol. The topological polar surface area (TPSA) is 60.7 Å². The second-order valence-electron chi connectivity index (χ2n) is 5.34. The maximum atomic E-state index is 9.98. The van der Waals surface area contributed by atoms with E-state index in [9.17, 15) is 10.2 Å². The summed E-state index contributed by atoms with van der Waals surface area (Å²) in [5.74, 6) is -0.132. The Morgan fingerprint density at radius 1 is 1.26 bits per heavy atom. The Morgan fingerprint density at radius 3 is 2.63 bits per heavy atom. The van der Waals surface area contributed by atoms with Crippen LogP contribution in [0.15, 0.2) is 24.3 Å². The van der Waals surface area contributed by atoms with Crippen molar-refractivity contribution in [3.8, 4) is 0 Å². The van der Waals surface area contributed by atoms with E-state index >= 15 is 0 Å². The smallest absolute Gasteiger partial charge is 0.114 e. The fourth-order valence-corrected chi connectivity index (χ4v) is 2.64. The largest absolute Gasteiger partial charge is 0.399 e. The Bertz CT molecular complexity index is 302. The summed E-state index contributed by atoms with van der Waals surface area (Å²) >= 11 is 0. The number of aliphatic hydroxyl groups excluding tert-OH is 3. The molecule has 0 amide bonds.